The standard InChI is InChI=1S/C6H8BrN3O2.ClH/c7-4-1-9-10(2-4)3-5(8)6(11)12;/h1-2,5H,3,8H2,(H,11,12);1H. The molecular formula is C6H9BrClN3O2. The summed E-state index contributed by atoms with van der Waals surface area (Å²) in [6.07, 6.45) is 3.25. The van der Waals surface area contributed by atoms with E-state index in [1.807, 2.05) is 0 Å². The summed E-state index contributed by atoms with van der Waals surface area (Å²) in [5.74, 6) is -1.03. The molecule has 0 radical (unpaired) electrons. The molecule has 0 aliphatic rings. The van der Waals surface area contributed by atoms with E-state index in [1.54, 1.807) is 12.4 Å². The van der Waals surface area contributed by atoms with E-state index in [0.29, 0.717) is 0 Å². The molecule has 7 heteroatoms. The summed E-state index contributed by atoms with van der Waals surface area (Å²) in [5.41, 5.74) is 5.28. The average molecular weight is 271 g/mol. The smallest absolute Gasteiger partial charge is 0.322 e. The van der Waals surface area contributed by atoms with Gasteiger partial charge >= 0.3 is 5.97 Å². The number of aromatic nitrogens is 2. The molecule has 0 aromatic carbocycles. The second kappa shape index (κ2) is 5.21. The highest BCUT2D eigenvalue weighted by Gasteiger charge is 2.11. The van der Waals surface area contributed by atoms with Crippen molar-refractivity contribution in [3.05, 3.63) is 16.9 Å². The summed E-state index contributed by atoms with van der Waals surface area (Å²) >= 11 is 3.19. The lowest BCUT2D eigenvalue weighted by Gasteiger charge is -2.04. The summed E-state index contributed by atoms with van der Waals surface area (Å²) in [6.45, 7) is 0.181. The van der Waals surface area contributed by atoms with Gasteiger partial charge in [0, 0.05) is 6.20 Å². The largest absolute Gasteiger partial charge is 0.480 e. The van der Waals surface area contributed by atoms with Gasteiger partial charge in [0.1, 0.15) is 6.04 Å². The van der Waals surface area contributed by atoms with Gasteiger partial charge in [-0.05, 0) is 15.9 Å². The molecule has 0 aliphatic heterocycles. The highest BCUT2D eigenvalue weighted by atomic mass is 79.9. The first-order valence-electron chi connectivity index (χ1n) is 3.26. The number of nitrogens with zero attached hydrogens (tertiary/aromatic N) is 2. The van der Waals surface area contributed by atoms with Crippen LogP contribution in [0.5, 0.6) is 0 Å². The monoisotopic (exact) mass is 269 g/mol. The predicted octanol–water partition coefficient (Wildman–Crippen LogP) is 0.479. The van der Waals surface area contributed by atoms with Crippen LogP contribution in [0.15, 0.2) is 16.9 Å². The number of carboxylic acid groups (broad SMARTS) is 1. The number of aliphatic carboxylic acids is 1. The summed E-state index contributed by atoms with van der Waals surface area (Å²) in [4.78, 5) is 10.3. The fourth-order valence-corrected chi connectivity index (χ4v) is 1.05. The van der Waals surface area contributed by atoms with Gasteiger partial charge in [0.15, 0.2) is 0 Å². The van der Waals surface area contributed by atoms with Crippen LogP contribution >= 0.6 is 28.3 Å². The zero-order valence-electron chi connectivity index (χ0n) is 6.55. The Morgan fingerprint density at radius 2 is 2.46 bits per heavy atom. The van der Waals surface area contributed by atoms with E-state index in [4.69, 9.17) is 10.8 Å². The number of carboxylic acids is 1. The zero-order valence-corrected chi connectivity index (χ0v) is 8.96. The Morgan fingerprint density at radius 1 is 1.85 bits per heavy atom. The molecule has 0 amide bonds. The number of halogens is 2. The molecule has 1 aromatic heterocycles. The van der Waals surface area contributed by atoms with Gasteiger partial charge in [-0.1, -0.05) is 0 Å². The molecule has 1 atom stereocenters. The molecule has 0 aliphatic carbocycles. The Morgan fingerprint density at radius 3 is 2.85 bits per heavy atom. The Kier molecular flexibility index (Phi) is 4.97. The second-order valence-corrected chi connectivity index (χ2v) is 3.24. The Bertz CT molecular complexity index is 291. The molecule has 1 rings (SSSR count). The van der Waals surface area contributed by atoms with Crippen LogP contribution < -0.4 is 5.73 Å². The molecule has 1 unspecified atom stereocenters. The summed E-state index contributed by atoms with van der Waals surface area (Å²) < 4.78 is 2.28. The topological polar surface area (TPSA) is 81.1 Å². The summed E-state index contributed by atoms with van der Waals surface area (Å²) in [6, 6.07) is -0.906. The van der Waals surface area contributed by atoms with Crippen LogP contribution in [0, 0.1) is 0 Å². The molecule has 1 aromatic rings. The van der Waals surface area contributed by atoms with Gasteiger partial charge in [-0.3, -0.25) is 9.48 Å². The molecule has 74 valence electrons. The van der Waals surface area contributed by atoms with Gasteiger partial charge in [-0.25, -0.2) is 0 Å². The first kappa shape index (κ1) is 12.4. The highest BCUT2D eigenvalue weighted by molar-refractivity contribution is 9.10. The van der Waals surface area contributed by atoms with E-state index in [-0.39, 0.29) is 19.0 Å². The van der Waals surface area contributed by atoms with Crippen molar-refractivity contribution in [1.29, 1.82) is 0 Å². The molecule has 3 N–H and O–H groups in total. The van der Waals surface area contributed by atoms with Crippen molar-refractivity contribution in [2.75, 3.05) is 0 Å². The molecule has 1 heterocycles. The third kappa shape index (κ3) is 3.75. The molecule has 0 fully saturated rings. The van der Waals surface area contributed by atoms with Crippen LogP contribution in [0.4, 0.5) is 0 Å². The first-order valence-corrected chi connectivity index (χ1v) is 4.05. The van der Waals surface area contributed by atoms with Gasteiger partial charge in [0.05, 0.1) is 17.2 Å². The fraction of sp³-hybridized carbons (Fsp3) is 0.333. The molecule has 0 bridgehead atoms. The number of rotatable bonds is 3. The van der Waals surface area contributed by atoms with E-state index in [2.05, 4.69) is 21.0 Å². The van der Waals surface area contributed by atoms with Crippen molar-refractivity contribution < 1.29 is 9.90 Å². The quantitative estimate of drug-likeness (QED) is 0.837. The van der Waals surface area contributed by atoms with Crippen molar-refractivity contribution in [2.45, 2.75) is 12.6 Å². The van der Waals surface area contributed by atoms with Gasteiger partial charge in [0.2, 0.25) is 0 Å². The van der Waals surface area contributed by atoms with Gasteiger partial charge < -0.3 is 10.8 Å². The normalized spacial score (nSPS) is 11.8. The van der Waals surface area contributed by atoms with E-state index in [1.165, 1.54) is 4.68 Å². The van der Waals surface area contributed by atoms with E-state index < -0.39 is 12.0 Å². The maximum absolute atomic E-state index is 10.3. The van der Waals surface area contributed by atoms with Crippen LogP contribution in [-0.4, -0.2) is 26.9 Å². The van der Waals surface area contributed by atoms with E-state index in [0.717, 1.165) is 4.47 Å². The average Bonchev–Trinajstić information content (AvgIpc) is 2.35. The number of nitrogens with two attached hydrogens (primary N) is 1. The van der Waals surface area contributed by atoms with Crippen molar-refractivity contribution in [3.8, 4) is 0 Å². The molecule has 0 spiro atoms. The highest BCUT2D eigenvalue weighted by Crippen LogP contribution is 2.06. The van der Waals surface area contributed by atoms with Crippen LogP contribution in [0.2, 0.25) is 0 Å². The van der Waals surface area contributed by atoms with Crippen molar-refractivity contribution in [1.82, 2.24) is 9.78 Å². The van der Waals surface area contributed by atoms with Crippen LogP contribution in [0.3, 0.4) is 0 Å². The van der Waals surface area contributed by atoms with Gasteiger partial charge in [0.25, 0.3) is 0 Å². The molecular weight excluding hydrogens is 261 g/mol. The van der Waals surface area contributed by atoms with E-state index in [9.17, 15) is 4.79 Å². The van der Waals surface area contributed by atoms with Crippen molar-refractivity contribution in [3.63, 3.8) is 0 Å². The van der Waals surface area contributed by atoms with Gasteiger partial charge in [-0.2, -0.15) is 5.10 Å². The Balaban J connectivity index is 0.00000144. The molecule has 13 heavy (non-hydrogen) atoms. The first-order chi connectivity index (χ1) is 5.59. The van der Waals surface area contributed by atoms with E-state index >= 15 is 0 Å². The maximum Gasteiger partial charge on any atom is 0.322 e. The summed E-state index contributed by atoms with van der Waals surface area (Å²) in [5, 5.41) is 12.3. The molecule has 0 saturated heterocycles. The third-order valence-electron chi connectivity index (χ3n) is 1.30. The summed E-state index contributed by atoms with van der Waals surface area (Å²) in [7, 11) is 0. The Hall–Kier alpha value is -0.590. The minimum atomic E-state index is -1.03. The number of hydrogen-bond donors (Lipinski definition) is 2. The predicted molar refractivity (Wildman–Crippen MR) is 52.8 cm³/mol. The van der Waals surface area contributed by atoms with Crippen LogP contribution in [-0.2, 0) is 11.3 Å². The number of carbonyl (C=O) groups is 1. The maximum atomic E-state index is 10.3. The van der Waals surface area contributed by atoms with Crippen molar-refractivity contribution in [2.24, 2.45) is 5.73 Å². The van der Waals surface area contributed by atoms with Gasteiger partial charge in [-0.15, -0.1) is 12.4 Å². The lowest BCUT2D eigenvalue weighted by atomic mass is 10.3. The number of hydrogen-bond acceptors (Lipinski definition) is 3. The minimum Gasteiger partial charge on any atom is -0.480 e. The Labute approximate surface area is 89.4 Å². The van der Waals surface area contributed by atoms with Crippen LogP contribution in [0.1, 0.15) is 0 Å². The molecule has 0 saturated carbocycles. The van der Waals surface area contributed by atoms with Crippen molar-refractivity contribution >= 4 is 34.3 Å². The fourth-order valence-electron chi connectivity index (χ4n) is 0.718. The third-order valence-corrected chi connectivity index (χ3v) is 1.71. The second-order valence-electron chi connectivity index (χ2n) is 2.33. The van der Waals surface area contributed by atoms with Crippen LogP contribution in [0.25, 0.3) is 0 Å². The molecule has 5 nitrogen and oxygen atoms in total. The zero-order chi connectivity index (χ0) is 9.14. The lowest BCUT2D eigenvalue weighted by Crippen LogP contribution is -2.34. The minimum absolute atomic E-state index is 0. The lowest BCUT2D eigenvalue weighted by molar-refractivity contribution is -0.138. The SMILES string of the molecule is Cl.NC(Cn1cc(Br)cn1)C(=O)O.